The molecule has 1 heterocycles. The predicted octanol–water partition coefficient (Wildman–Crippen LogP) is 3.31. The Kier molecular flexibility index (Phi) is 2.49. The van der Waals surface area contributed by atoms with Crippen molar-refractivity contribution in [2.75, 3.05) is 0 Å². The van der Waals surface area contributed by atoms with Gasteiger partial charge in [0.15, 0.2) is 0 Å². The molecule has 0 unspecified atom stereocenters. The van der Waals surface area contributed by atoms with Gasteiger partial charge >= 0.3 is 0 Å². The van der Waals surface area contributed by atoms with Gasteiger partial charge < -0.3 is 4.57 Å². The van der Waals surface area contributed by atoms with Gasteiger partial charge in [-0.05, 0) is 36.8 Å². The summed E-state index contributed by atoms with van der Waals surface area (Å²) in [4.78, 5) is 0. The highest BCUT2D eigenvalue weighted by Crippen LogP contribution is 2.21. The Morgan fingerprint density at radius 1 is 1.33 bits per heavy atom. The average Bonchev–Trinajstić information content (AvgIpc) is 2.69. The van der Waals surface area contributed by atoms with Crippen LogP contribution >= 0.6 is 11.6 Å². The van der Waals surface area contributed by atoms with Crippen molar-refractivity contribution in [2.45, 2.75) is 6.92 Å². The molecule has 0 aliphatic carbocycles. The first-order chi connectivity index (χ1) is 7.22. The van der Waals surface area contributed by atoms with Crippen LogP contribution in [0.4, 0.5) is 0 Å². The molecule has 1 aromatic heterocycles. The fourth-order valence-corrected chi connectivity index (χ4v) is 1.69. The summed E-state index contributed by atoms with van der Waals surface area (Å²) in [5, 5.41) is 9.60. The molecule has 1 aromatic carbocycles. The Morgan fingerprint density at radius 3 is 2.87 bits per heavy atom. The molecule has 0 amide bonds. The lowest BCUT2D eigenvalue weighted by atomic mass is 10.2. The van der Waals surface area contributed by atoms with E-state index >= 15 is 0 Å². The highest BCUT2D eigenvalue weighted by Gasteiger charge is 2.05. The number of nitrogens with zero attached hydrogens (tertiary/aromatic N) is 2. The van der Waals surface area contributed by atoms with Crippen molar-refractivity contribution in [1.82, 2.24) is 4.57 Å². The van der Waals surface area contributed by atoms with Crippen LogP contribution in [0.5, 0.6) is 0 Å². The van der Waals surface area contributed by atoms with Gasteiger partial charge in [-0.15, -0.1) is 0 Å². The summed E-state index contributed by atoms with van der Waals surface area (Å²) in [7, 11) is 0. The highest BCUT2D eigenvalue weighted by molar-refractivity contribution is 6.30. The molecule has 0 atom stereocenters. The number of aromatic nitrogens is 1. The van der Waals surface area contributed by atoms with E-state index in [1.807, 2.05) is 42.0 Å². The van der Waals surface area contributed by atoms with Crippen LogP contribution in [0.15, 0.2) is 36.5 Å². The molecule has 0 aliphatic rings. The molecule has 3 heteroatoms. The molecular weight excluding hydrogens is 208 g/mol. The first-order valence-corrected chi connectivity index (χ1v) is 4.94. The lowest BCUT2D eigenvalue weighted by molar-refractivity contribution is 1.04. The van der Waals surface area contributed by atoms with Crippen LogP contribution in [0.2, 0.25) is 5.02 Å². The largest absolute Gasteiger partial charge is 0.308 e. The lowest BCUT2D eigenvalue weighted by Crippen LogP contribution is -1.97. The normalized spacial score (nSPS) is 9.93. The third kappa shape index (κ3) is 1.74. The molecule has 0 spiro atoms. The zero-order valence-corrected chi connectivity index (χ0v) is 8.99. The molecular formula is C12H9ClN2. The van der Waals surface area contributed by atoms with Crippen LogP contribution in [0, 0.1) is 18.3 Å². The van der Waals surface area contributed by atoms with Crippen molar-refractivity contribution in [1.29, 1.82) is 5.26 Å². The molecule has 2 aromatic rings. The molecule has 0 radical (unpaired) electrons. The number of rotatable bonds is 1. The summed E-state index contributed by atoms with van der Waals surface area (Å²) < 4.78 is 1.83. The summed E-state index contributed by atoms with van der Waals surface area (Å²) in [5.41, 5.74) is 2.65. The van der Waals surface area contributed by atoms with Crippen LogP contribution in [0.3, 0.4) is 0 Å². The number of nitriles is 1. The van der Waals surface area contributed by atoms with E-state index in [9.17, 15) is 0 Å². The maximum absolute atomic E-state index is 8.93. The minimum absolute atomic E-state index is 0.611. The summed E-state index contributed by atoms with van der Waals surface area (Å²) in [6.45, 7) is 1.99. The molecule has 2 nitrogen and oxygen atoms in total. The smallest absolute Gasteiger partial charge is 0.124 e. The first-order valence-electron chi connectivity index (χ1n) is 4.56. The molecule has 2 rings (SSSR count). The van der Waals surface area contributed by atoms with Gasteiger partial charge in [0.05, 0.1) is 5.69 Å². The average molecular weight is 217 g/mol. The zero-order valence-electron chi connectivity index (χ0n) is 8.24. The molecule has 0 aliphatic heterocycles. The number of aryl methyl sites for hydroxylation is 1. The third-order valence-corrected chi connectivity index (χ3v) is 2.53. The molecule has 0 fully saturated rings. The monoisotopic (exact) mass is 216 g/mol. The lowest BCUT2D eigenvalue weighted by Gasteiger charge is -2.08. The van der Waals surface area contributed by atoms with Gasteiger partial charge in [-0.3, -0.25) is 0 Å². The van der Waals surface area contributed by atoms with Gasteiger partial charge in [-0.1, -0.05) is 17.7 Å². The molecule has 74 valence electrons. The summed E-state index contributed by atoms with van der Waals surface area (Å²) in [5.74, 6) is 0. The maximum Gasteiger partial charge on any atom is 0.124 e. The summed E-state index contributed by atoms with van der Waals surface area (Å²) in [6, 6.07) is 11.4. The van der Waals surface area contributed by atoms with E-state index in [1.54, 1.807) is 6.07 Å². The Labute approximate surface area is 93.3 Å². The van der Waals surface area contributed by atoms with Crippen molar-refractivity contribution in [3.05, 3.63) is 52.8 Å². The Bertz CT molecular complexity index is 535. The van der Waals surface area contributed by atoms with Crippen molar-refractivity contribution < 1.29 is 0 Å². The van der Waals surface area contributed by atoms with Crippen LogP contribution in [-0.4, -0.2) is 4.57 Å². The van der Waals surface area contributed by atoms with E-state index < -0.39 is 0 Å². The number of benzene rings is 1. The molecule has 0 saturated carbocycles. The van der Waals surface area contributed by atoms with Gasteiger partial charge in [0.1, 0.15) is 11.8 Å². The summed E-state index contributed by atoms with van der Waals surface area (Å²) in [6.07, 6.45) is 1.86. The van der Waals surface area contributed by atoms with Crippen molar-refractivity contribution in [3.8, 4) is 11.8 Å². The van der Waals surface area contributed by atoms with Gasteiger partial charge in [-0.2, -0.15) is 5.26 Å². The molecule has 0 N–H and O–H groups in total. The Morgan fingerprint density at radius 2 is 2.13 bits per heavy atom. The summed E-state index contributed by atoms with van der Waals surface area (Å²) >= 11 is 5.93. The quantitative estimate of drug-likeness (QED) is 0.719. The van der Waals surface area contributed by atoms with E-state index in [4.69, 9.17) is 16.9 Å². The van der Waals surface area contributed by atoms with Crippen LogP contribution in [0.25, 0.3) is 5.69 Å². The second kappa shape index (κ2) is 3.80. The zero-order chi connectivity index (χ0) is 10.8. The van der Waals surface area contributed by atoms with E-state index in [0.29, 0.717) is 10.7 Å². The van der Waals surface area contributed by atoms with E-state index in [1.165, 1.54) is 0 Å². The van der Waals surface area contributed by atoms with Crippen molar-refractivity contribution in [3.63, 3.8) is 0 Å². The second-order valence-electron chi connectivity index (χ2n) is 3.31. The minimum atomic E-state index is 0.611. The number of halogens is 1. The SMILES string of the molecule is Cc1ccc(Cl)cc1-n1cccc1C#N. The molecule has 15 heavy (non-hydrogen) atoms. The number of hydrogen-bond acceptors (Lipinski definition) is 1. The number of hydrogen-bond donors (Lipinski definition) is 0. The fourth-order valence-electron chi connectivity index (χ4n) is 1.52. The van der Waals surface area contributed by atoms with E-state index in [-0.39, 0.29) is 0 Å². The van der Waals surface area contributed by atoms with Crippen LogP contribution < -0.4 is 0 Å². The minimum Gasteiger partial charge on any atom is -0.308 e. The Hall–Kier alpha value is -1.72. The van der Waals surface area contributed by atoms with Crippen LogP contribution in [-0.2, 0) is 0 Å². The van der Waals surface area contributed by atoms with E-state index in [2.05, 4.69) is 6.07 Å². The van der Waals surface area contributed by atoms with Gasteiger partial charge in [-0.25, -0.2) is 0 Å². The fraction of sp³-hybridized carbons (Fsp3) is 0.0833. The van der Waals surface area contributed by atoms with Crippen LogP contribution in [0.1, 0.15) is 11.3 Å². The van der Waals surface area contributed by atoms with E-state index in [0.717, 1.165) is 11.3 Å². The predicted molar refractivity (Wildman–Crippen MR) is 60.2 cm³/mol. The van der Waals surface area contributed by atoms with Gasteiger partial charge in [0.2, 0.25) is 0 Å². The first kappa shape index (κ1) is 9.82. The Balaban J connectivity index is 2.64. The highest BCUT2D eigenvalue weighted by atomic mass is 35.5. The topological polar surface area (TPSA) is 28.7 Å². The maximum atomic E-state index is 8.93. The standard InChI is InChI=1S/C12H9ClN2/c1-9-4-5-10(13)7-12(9)15-6-2-3-11(15)8-14/h2-7H,1H3. The van der Waals surface area contributed by atoms with Crippen molar-refractivity contribution >= 4 is 11.6 Å². The third-order valence-electron chi connectivity index (χ3n) is 2.29. The van der Waals surface area contributed by atoms with Gasteiger partial charge in [0, 0.05) is 11.2 Å². The van der Waals surface area contributed by atoms with Gasteiger partial charge in [0.25, 0.3) is 0 Å². The second-order valence-corrected chi connectivity index (χ2v) is 3.74. The van der Waals surface area contributed by atoms with Crippen molar-refractivity contribution in [2.24, 2.45) is 0 Å². The molecule has 0 bridgehead atoms. The molecule has 0 saturated heterocycles.